The van der Waals surface area contributed by atoms with Gasteiger partial charge in [-0.2, -0.15) is 5.10 Å². The van der Waals surface area contributed by atoms with E-state index in [0.717, 1.165) is 36.5 Å². The van der Waals surface area contributed by atoms with Gasteiger partial charge in [0.2, 0.25) is 5.91 Å². The average molecular weight is 439 g/mol. The Morgan fingerprint density at radius 1 is 1.00 bits per heavy atom. The summed E-state index contributed by atoms with van der Waals surface area (Å²) < 4.78 is 18.4. The van der Waals surface area contributed by atoms with E-state index in [4.69, 9.17) is 4.74 Å². The lowest BCUT2D eigenvalue weighted by atomic mass is 10.1. The first kappa shape index (κ1) is 21.8. The Balaban J connectivity index is 1.41. The normalized spacial score (nSPS) is 17.1. The zero-order valence-electron chi connectivity index (χ0n) is 18.2. The summed E-state index contributed by atoms with van der Waals surface area (Å²) in [6, 6.07) is 13.9. The number of halogens is 1. The van der Waals surface area contributed by atoms with Gasteiger partial charge in [0.05, 0.1) is 13.7 Å². The summed E-state index contributed by atoms with van der Waals surface area (Å²) in [5.41, 5.74) is 2.28. The summed E-state index contributed by atoms with van der Waals surface area (Å²) in [6.45, 7) is 3.05. The zero-order valence-corrected chi connectivity index (χ0v) is 18.2. The molecule has 2 aromatic rings. The third-order valence-electron chi connectivity index (χ3n) is 5.82. The molecule has 0 atom stereocenters. The first-order valence-corrected chi connectivity index (χ1v) is 10.8. The van der Waals surface area contributed by atoms with Gasteiger partial charge in [0, 0.05) is 44.7 Å². The van der Waals surface area contributed by atoms with Crippen molar-refractivity contribution in [1.29, 1.82) is 0 Å². The molecule has 1 saturated heterocycles. The van der Waals surface area contributed by atoms with Crippen LogP contribution < -0.4 is 9.64 Å². The van der Waals surface area contributed by atoms with Crippen molar-refractivity contribution in [2.75, 3.05) is 38.2 Å². The fraction of sp³-hybridized carbons (Fsp3) is 0.375. The Bertz CT molecular complexity index is 991. The molecule has 0 N–H and O–H groups in total. The predicted octanol–water partition coefficient (Wildman–Crippen LogP) is 3.05. The second-order valence-corrected chi connectivity index (χ2v) is 7.96. The minimum absolute atomic E-state index is 0.113. The lowest BCUT2D eigenvalue weighted by Gasteiger charge is -2.27. The van der Waals surface area contributed by atoms with Crippen LogP contribution in [0.15, 0.2) is 53.6 Å². The molecule has 0 radical (unpaired) electrons. The van der Waals surface area contributed by atoms with Crippen LogP contribution in [-0.2, 0) is 16.1 Å². The van der Waals surface area contributed by atoms with Crippen molar-refractivity contribution in [2.45, 2.75) is 25.8 Å². The third-order valence-corrected chi connectivity index (χ3v) is 5.82. The van der Waals surface area contributed by atoms with Crippen LogP contribution in [0.4, 0.5) is 10.1 Å². The molecule has 0 unspecified atom stereocenters. The molecule has 32 heavy (non-hydrogen) atoms. The summed E-state index contributed by atoms with van der Waals surface area (Å²) in [4.78, 5) is 29.6. The smallest absolute Gasteiger partial charge is 0.270 e. The molecule has 7 nitrogen and oxygen atoms in total. The number of amides is 2. The fourth-order valence-corrected chi connectivity index (χ4v) is 4.00. The van der Waals surface area contributed by atoms with Gasteiger partial charge in [-0.25, -0.2) is 9.40 Å². The number of ether oxygens (including phenoxy) is 1. The monoisotopic (exact) mass is 438 g/mol. The lowest BCUT2D eigenvalue weighted by Crippen LogP contribution is -2.42. The molecule has 4 rings (SSSR count). The van der Waals surface area contributed by atoms with E-state index in [-0.39, 0.29) is 30.6 Å². The molecule has 2 aliphatic heterocycles. The minimum Gasteiger partial charge on any atom is -0.497 e. The third kappa shape index (κ3) is 5.07. The summed E-state index contributed by atoms with van der Waals surface area (Å²) in [6.07, 6.45) is 1.44. The summed E-state index contributed by atoms with van der Waals surface area (Å²) in [5, 5.41) is 5.70. The maximum absolute atomic E-state index is 13.2. The highest BCUT2D eigenvalue weighted by Crippen LogP contribution is 2.21. The summed E-state index contributed by atoms with van der Waals surface area (Å²) in [5.74, 6) is 0.240. The van der Waals surface area contributed by atoms with Crippen LogP contribution in [-0.4, -0.2) is 60.7 Å². The van der Waals surface area contributed by atoms with E-state index in [0.29, 0.717) is 25.2 Å². The van der Waals surface area contributed by atoms with Crippen molar-refractivity contribution in [3.05, 3.63) is 59.9 Å². The molecule has 2 heterocycles. The lowest BCUT2D eigenvalue weighted by molar-refractivity contribution is -0.132. The Morgan fingerprint density at radius 2 is 1.75 bits per heavy atom. The standard InChI is InChI=1S/C24H27FN4O3/c1-32-21-9-7-20(8-10-21)27-13-2-14-28(16-15-27)24(31)22-11-12-23(30)29(26-22)17-18-3-5-19(25)6-4-18/h3-10H,2,11-17H2,1H3. The van der Waals surface area contributed by atoms with Crippen LogP contribution >= 0.6 is 0 Å². The van der Waals surface area contributed by atoms with Crippen LogP contribution in [0.25, 0.3) is 0 Å². The van der Waals surface area contributed by atoms with E-state index in [1.165, 1.54) is 17.1 Å². The number of hydrogen-bond donors (Lipinski definition) is 0. The van der Waals surface area contributed by atoms with Crippen LogP contribution in [0.2, 0.25) is 0 Å². The van der Waals surface area contributed by atoms with Crippen LogP contribution in [0, 0.1) is 5.82 Å². The summed E-state index contributed by atoms with van der Waals surface area (Å²) >= 11 is 0. The number of nitrogens with zero attached hydrogens (tertiary/aromatic N) is 4. The second kappa shape index (κ2) is 9.80. The van der Waals surface area contributed by atoms with Crippen LogP contribution in [0.5, 0.6) is 5.75 Å². The van der Waals surface area contributed by atoms with Crippen LogP contribution in [0.3, 0.4) is 0 Å². The average Bonchev–Trinajstić information content (AvgIpc) is 3.08. The van der Waals surface area contributed by atoms with Crippen molar-refractivity contribution >= 4 is 23.2 Å². The minimum atomic E-state index is -0.331. The number of carbonyl (C=O) groups is 2. The van der Waals surface area contributed by atoms with Gasteiger partial charge in [0.1, 0.15) is 17.3 Å². The molecule has 168 valence electrons. The van der Waals surface area contributed by atoms with Crippen LogP contribution in [0.1, 0.15) is 24.8 Å². The van der Waals surface area contributed by atoms with Crippen molar-refractivity contribution < 1.29 is 18.7 Å². The maximum Gasteiger partial charge on any atom is 0.270 e. The van der Waals surface area contributed by atoms with Crippen molar-refractivity contribution in [3.63, 3.8) is 0 Å². The van der Waals surface area contributed by atoms with E-state index in [2.05, 4.69) is 10.0 Å². The number of rotatable bonds is 5. The number of benzene rings is 2. The molecule has 0 saturated carbocycles. The fourth-order valence-electron chi connectivity index (χ4n) is 4.00. The Labute approximate surface area is 187 Å². The van der Waals surface area contributed by atoms with E-state index in [9.17, 15) is 14.0 Å². The molecule has 2 aliphatic rings. The molecule has 2 aromatic carbocycles. The number of anilines is 1. The van der Waals surface area contributed by atoms with Gasteiger partial charge in [-0.3, -0.25) is 9.59 Å². The highest BCUT2D eigenvalue weighted by molar-refractivity contribution is 6.39. The number of hydrogen-bond acceptors (Lipinski definition) is 5. The maximum atomic E-state index is 13.2. The summed E-state index contributed by atoms with van der Waals surface area (Å²) in [7, 11) is 1.65. The predicted molar refractivity (Wildman–Crippen MR) is 120 cm³/mol. The van der Waals surface area contributed by atoms with E-state index in [1.807, 2.05) is 29.2 Å². The Morgan fingerprint density at radius 3 is 2.47 bits per heavy atom. The van der Waals surface area contributed by atoms with Gasteiger partial charge in [-0.1, -0.05) is 12.1 Å². The first-order valence-electron chi connectivity index (χ1n) is 10.8. The van der Waals surface area contributed by atoms with Crippen molar-refractivity contribution in [1.82, 2.24) is 9.91 Å². The van der Waals surface area contributed by atoms with Crippen molar-refractivity contribution in [3.8, 4) is 5.75 Å². The first-order chi connectivity index (χ1) is 15.5. The SMILES string of the molecule is COc1ccc(N2CCCN(C(=O)C3=NN(Cc4ccc(F)cc4)C(=O)CC3)CC2)cc1. The zero-order chi connectivity index (χ0) is 22.5. The van der Waals surface area contributed by atoms with E-state index >= 15 is 0 Å². The highest BCUT2D eigenvalue weighted by atomic mass is 19.1. The highest BCUT2D eigenvalue weighted by Gasteiger charge is 2.28. The molecular formula is C24H27FN4O3. The van der Waals surface area contributed by atoms with Gasteiger partial charge in [-0.15, -0.1) is 0 Å². The molecule has 0 aliphatic carbocycles. The number of carbonyl (C=O) groups excluding carboxylic acids is 2. The largest absolute Gasteiger partial charge is 0.497 e. The Hall–Kier alpha value is -3.42. The van der Waals surface area contributed by atoms with Crippen molar-refractivity contribution in [2.24, 2.45) is 5.10 Å². The molecule has 0 bridgehead atoms. The van der Waals surface area contributed by atoms with Gasteiger partial charge in [0.25, 0.3) is 5.91 Å². The molecule has 2 amide bonds. The molecule has 1 fully saturated rings. The van der Waals surface area contributed by atoms with Gasteiger partial charge in [0.15, 0.2) is 0 Å². The van der Waals surface area contributed by atoms with Gasteiger partial charge >= 0.3 is 0 Å². The van der Waals surface area contributed by atoms with Gasteiger partial charge < -0.3 is 14.5 Å². The Kier molecular flexibility index (Phi) is 6.68. The molecule has 0 aromatic heterocycles. The number of hydrazone groups is 1. The van der Waals surface area contributed by atoms with E-state index < -0.39 is 0 Å². The molecule has 8 heteroatoms. The number of methoxy groups -OCH3 is 1. The van der Waals surface area contributed by atoms with E-state index in [1.54, 1.807) is 19.2 Å². The molecule has 0 spiro atoms. The molecular weight excluding hydrogens is 411 g/mol. The van der Waals surface area contributed by atoms with Gasteiger partial charge in [-0.05, 0) is 48.4 Å². The second-order valence-electron chi connectivity index (χ2n) is 7.96. The quantitative estimate of drug-likeness (QED) is 0.720. The topological polar surface area (TPSA) is 65.5 Å².